The van der Waals surface area contributed by atoms with Crippen molar-refractivity contribution in [1.29, 1.82) is 0 Å². The van der Waals surface area contributed by atoms with E-state index in [2.05, 4.69) is 4.57 Å². The van der Waals surface area contributed by atoms with Crippen LogP contribution in [0, 0.1) is 5.82 Å². The highest BCUT2D eigenvalue weighted by molar-refractivity contribution is 6.31. The third-order valence-electron chi connectivity index (χ3n) is 4.87. The van der Waals surface area contributed by atoms with Crippen LogP contribution in [0.2, 0.25) is 5.02 Å². The van der Waals surface area contributed by atoms with Crippen molar-refractivity contribution in [2.45, 2.75) is 6.54 Å². The van der Waals surface area contributed by atoms with Crippen molar-refractivity contribution < 1.29 is 14.4 Å². The summed E-state index contributed by atoms with van der Waals surface area (Å²) in [5.74, 6) is -0.809. The maximum absolute atomic E-state index is 13.2. The quantitative estimate of drug-likeness (QED) is 0.318. The molecule has 6 heteroatoms. The van der Waals surface area contributed by atoms with E-state index in [0.29, 0.717) is 17.1 Å². The highest BCUT2D eigenvalue weighted by Gasteiger charge is 2.09. The number of carbonyl (C=O) groups excluding carboxylic acids is 1. The molecule has 0 aliphatic rings. The van der Waals surface area contributed by atoms with Crippen molar-refractivity contribution in [3.8, 4) is 0 Å². The molecule has 4 aromatic rings. The van der Waals surface area contributed by atoms with E-state index in [1.807, 2.05) is 36.5 Å². The van der Waals surface area contributed by atoms with Gasteiger partial charge in [-0.25, -0.2) is 9.87 Å². The number of fused-ring (bicyclic) bond motifs is 1. The molecule has 4 nitrogen and oxygen atoms in total. The molecule has 0 aliphatic carbocycles. The average Bonchev–Trinajstić information content (AvgIpc) is 3.10. The van der Waals surface area contributed by atoms with Crippen LogP contribution in [-0.4, -0.2) is 15.7 Å². The second kappa shape index (κ2) is 8.53. The molecular formula is C24H18ClFN2O2. The highest BCUT2D eigenvalue weighted by Crippen LogP contribution is 2.27. The Labute approximate surface area is 177 Å². The lowest BCUT2D eigenvalue weighted by atomic mass is 10.1. The second-order valence-corrected chi connectivity index (χ2v) is 7.33. The fraction of sp³-hybridized carbons (Fsp3) is 0.0417. The van der Waals surface area contributed by atoms with Crippen molar-refractivity contribution in [3.63, 3.8) is 0 Å². The minimum atomic E-state index is -0.550. The third kappa shape index (κ3) is 4.27. The lowest BCUT2D eigenvalue weighted by Gasteiger charge is -2.06. The van der Waals surface area contributed by atoms with Crippen LogP contribution in [0.25, 0.3) is 23.1 Å². The van der Waals surface area contributed by atoms with Gasteiger partial charge in [-0.2, -0.15) is 0 Å². The Hall–Kier alpha value is -3.41. The number of amides is 1. The van der Waals surface area contributed by atoms with Gasteiger partial charge in [0.05, 0.1) is 5.52 Å². The fourth-order valence-corrected chi connectivity index (χ4v) is 3.51. The van der Waals surface area contributed by atoms with E-state index in [4.69, 9.17) is 16.8 Å². The summed E-state index contributed by atoms with van der Waals surface area (Å²) in [4.78, 5) is 11.4. The Morgan fingerprint density at radius 2 is 1.77 bits per heavy atom. The zero-order valence-corrected chi connectivity index (χ0v) is 16.6. The normalized spacial score (nSPS) is 11.3. The molecular weight excluding hydrogens is 403 g/mol. The Bertz CT molecular complexity index is 1230. The maximum Gasteiger partial charge on any atom is 0.274 e. The number of hydrogen-bond donors (Lipinski definition) is 2. The predicted molar refractivity (Wildman–Crippen MR) is 117 cm³/mol. The van der Waals surface area contributed by atoms with Crippen LogP contribution in [0.1, 0.15) is 27.0 Å². The molecule has 0 fully saturated rings. The molecule has 0 saturated carbocycles. The zero-order chi connectivity index (χ0) is 21.1. The van der Waals surface area contributed by atoms with Crippen molar-refractivity contribution in [3.05, 3.63) is 106 Å². The van der Waals surface area contributed by atoms with Crippen molar-refractivity contribution in [1.82, 2.24) is 10.0 Å². The molecule has 1 heterocycles. The van der Waals surface area contributed by atoms with Crippen molar-refractivity contribution in [2.75, 3.05) is 0 Å². The van der Waals surface area contributed by atoms with Gasteiger partial charge in [-0.15, -0.1) is 0 Å². The predicted octanol–water partition coefficient (Wildman–Crippen LogP) is 5.77. The Kier molecular flexibility index (Phi) is 5.65. The van der Waals surface area contributed by atoms with Crippen molar-refractivity contribution in [2.24, 2.45) is 0 Å². The summed E-state index contributed by atoms with van der Waals surface area (Å²) in [6, 6.07) is 19.1. The number of hydrogen-bond acceptors (Lipinski definition) is 2. The van der Waals surface area contributed by atoms with E-state index in [1.54, 1.807) is 41.9 Å². The highest BCUT2D eigenvalue weighted by atomic mass is 35.5. The summed E-state index contributed by atoms with van der Waals surface area (Å²) >= 11 is 6.22. The zero-order valence-electron chi connectivity index (χ0n) is 15.8. The number of halogens is 2. The summed E-state index contributed by atoms with van der Waals surface area (Å²) in [5.41, 5.74) is 5.90. The minimum absolute atomic E-state index is 0.259. The molecule has 150 valence electrons. The van der Waals surface area contributed by atoms with E-state index >= 15 is 0 Å². The summed E-state index contributed by atoms with van der Waals surface area (Å²) < 4.78 is 15.3. The monoisotopic (exact) mass is 420 g/mol. The van der Waals surface area contributed by atoms with Gasteiger partial charge in [-0.1, -0.05) is 54.1 Å². The van der Waals surface area contributed by atoms with Gasteiger partial charge < -0.3 is 4.57 Å². The molecule has 1 aromatic heterocycles. The van der Waals surface area contributed by atoms with Gasteiger partial charge >= 0.3 is 0 Å². The van der Waals surface area contributed by atoms with Crippen LogP contribution in [0.5, 0.6) is 0 Å². The van der Waals surface area contributed by atoms with E-state index in [-0.39, 0.29) is 5.82 Å². The Morgan fingerprint density at radius 3 is 2.47 bits per heavy atom. The second-order valence-electron chi connectivity index (χ2n) is 6.90. The minimum Gasteiger partial charge on any atom is -0.342 e. The fourth-order valence-electron chi connectivity index (χ4n) is 3.34. The number of aromatic nitrogens is 1. The lowest BCUT2D eigenvalue weighted by Crippen LogP contribution is -2.18. The molecule has 3 aromatic carbocycles. The van der Waals surface area contributed by atoms with E-state index in [9.17, 15) is 9.18 Å². The number of nitrogens with zero attached hydrogens (tertiary/aromatic N) is 1. The number of rotatable bonds is 5. The number of hydroxylamine groups is 1. The molecule has 0 radical (unpaired) electrons. The SMILES string of the molecule is O=C(NO)c1ccc(C=Cc2cn(Cc3ccc(F)cc3)c3cc(Cl)ccc23)cc1. The summed E-state index contributed by atoms with van der Waals surface area (Å²) in [6.45, 7) is 0.593. The first-order chi connectivity index (χ1) is 14.5. The first kappa shape index (κ1) is 19.9. The molecule has 0 spiro atoms. The van der Waals surface area contributed by atoms with Gasteiger partial charge in [0.2, 0.25) is 0 Å². The van der Waals surface area contributed by atoms with Gasteiger partial charge in [0.1, 0.15) is 5.82 Å². The van der Waals surface area contributed by atoms with Gasteiger partial charge in [0.15, 0.2) is 0 Å². The number of nitrogens with one attached hydrogen (secondary N) is 1. The maximum atomic E-state index is 13.2. The third-order valence-corrected chi connectivity index (χ3v) is 5.11. The van der Waals surface area contributed by atoms with Crippen LogP contribution in [0.3, 0.4) is 0 Å². The Morgan fingerprint density at radius 1 is 1.03 bits per heavy atom. The standard InChI is InChI=1S/C24H18ClFN2O2/c25-20-9-12-22-19(8-3-16-1-6-18(7-2-16)24(29)27-30)15-28(23(22)13-20)14-17-4-10-21(26)11-5-17/h1-13,15,30H,14H2,(H,27,29). The van der Waals surface area contributed by atoms with E-state index in [1.165, 1.54) is 12.1 Å². The Balaban J connectivity index is 1.66. The van der Waals surface area contributed by atoms with Gasteiger partial charge in [-0.3, -0.25) is 10.0 Å². The molecule has 0 bridgehead atoms. The lowest BCUT2D eigenvalue weighted by molar-refractivity contribution is 0.0706. The number of carbonyl (C=O) groups is 1. The summed E-state index contributed by atoms with van der Waals surface area (Å²) in [7, 11) is 0. The van der Waals surface area contributed by atoms with E-state index < -0.39 is 5.91 Å². The van der Waals surface area contributed by atoms with Crippen LogP contribution in [0.15, 0.2) is 72.9 Å². The molecule has 1 amide bonds. The molecule has 2 N–H and O–H groups in total. The van der Waals surface area contributed by atoms with Crippen molar-refractivity contribution >= 4 is 40.6 Å². The summed E-state index contributed by atoms with van der Waals surface area (Å²) in [5, 5.41) is 10.4. The smallest absolute Gasteiger partial charge is 0.274 e. The van der Waals surface area contributed by atoms with Gasteiger partial charge in [0, 0.05) is 34.3 Å². The van der Waals surface area contributed by atoms with Gasteiger partial charge in [0.25, 0.3) is 5.91 Å². The molecule has 30 heavy (non-hydrogen) atoms. The van der Waals surface area contributed by atoms with Crippen LogP contribution in [0.4, 0.5) is 4.39 Å². The molecule has 4 rings (SSSR count). The molecule has 0 unspecified atom stereocenters. The first-order valence-electron chi connectivity index (χ1n) is 9.29. The van der Waals surface area contributed by atoms with Gasteiger partial charge in [-0.05, 0) is 47.5 Å². The van der Waals surface area contributed by atoms with Crippen LogP contribution < -0.4 is 5.48 Å². The average molecular weight is 421 g/mol. The van der Waals surface area contributed by atoms with Crippen LogP contribution in [-0.2, 0) is 6.54 Å². The number of benzene rings is 3. The largest absolute Gasteiger partial charge is 0.342 e. The first-order valence-corrected chi connectivity index (χ1v) is 9.67. The summed E-state index contributed by atoms with van der Waals surface area (Å²) in [6.07, 6.45) is 5.99. The topological polar surface area (TPSA) is 54.3 Å². The molecule has 0 atom stereocenters. The molecule has 0 saturated heterocycles. The van der Waals surface area contributed by atoms with E-state index in [0.717, 1.165) is 27.6 Å². The molecule has 0 aliphatic heterocycles. The van der Waals surface area contributed by atoms with Crippen LogP contribution >= 0.6 is 11.6 Å².